The molecule has 0 radical (unpaired) electrons. The van der Waals surface area contributed by atoms with Gasteiger partial charge in [0.2, 0.25) is 5.13 Å². The number of carboxylic acid groups (broad SMARTS) is 1. The van der Waals surface area contributed by atoms with E-state index in [4.69, 9.17) is 10.2 Å². The van der Waals surface area contributed by atoms with Crippen molar-refractivity contribution >= 4 is 17.3 Å². The number of fused-ring (bicyclic) bond motifs is 1. The molecule has 0 saturated carbocycles. The summed E-state index contributed by atoms with van der Waals surface area (Å²) >= 11 is 1.31. The molecule has 110 valence electrons. The molecule has 1 N–H and O–H groups in total. The number of hydrogen-bond acceptors (Lipinski definition) is 4. The molecule has 5 nitrogen and oxygen atoms in total. The van der Waals surface area contributed by atoms with Crippen LogP contribution in [0.3, 0.4) is 0 Å². The molecule has 2 heterocycles. The molecule has 1 aliphatic rings. The van der Waals surface area contributed by atoms with Gasteiger partial charge in [-0.2, -0.15) is 5.10 Å². The number of rotatable bonds is 3. The van der Waals surface area contributed by atoms with Gasteiger partial charge in [0.15, 0.2) is 5.69 Å². The molecule has 0 saturated heterocycles. The first-order chi connectivity index (χ1) is 10.7. The Morgan fingerprint density at radius 3 is 2.77 bits per heavy atom. The number of carbonyl (C=O) groups is 1. The maximum absolute atomic E-state index is 11.0. The fourth-order valence-electron chi connectivity index (χ4n) is 2.88. The van der Waals surface area contributed by atoms with Crippen molar-refractivity contribution in [2.75, 3.05) is 0 Å². The maximum Gasteiger partial charge on any atom is 0.355 e. The van der Waals surface area contributed by atoms with Crippen LogP contribution in [-0.4, -0.2) is 25.8 Å². The molecule has 0 unspecified atom stereocenters. The van der Waals surface area contributed by atoms with E-state index in [1.54, 1.807) is 5.38 Å². The van der Waals surface area contributed by atoms with Gasteiger partial charge >= 0.3 is 5.97 Å². The van der Waals surface area contributed by atoms with Crippen molar-refractivity contribution in [1.82, 2.24) is 14.8 Å². The van der Waals surface area contributed by atoms with Gasteiger partial charge in [-0.1, -0.05) is 30.3 Å². The summed E-state index contributed by atoms with van der Waals surface area (Å²) in [5.74, 6) is -1.01. The first kappa shape index (κ1) is 13.2. The van der Waals surface area contributed by atoms with E-state index in [0.717, 1.165) is 36.2 Å². The van der Waals surface area contributed by atoms with Gasteiger partial charge in [0.1, 0.15) is 0 Å². The SMILES string of the molecule is O=C(O)c1csc(-n2nc(-c3ccccc3)c3c2CCC3)n1. The van der Waals surface area contributed by atoms with Crippen LogP contribution in [0.5, 0.6) is 0 Å². The van der Waals surface area contributed by atoms with E-state index in [0.29, 0.717) is 5.13 Å². The van der Waals surface area contributed by atoms with Crippen molar-refractivity contribution in [2.45, 2.75) is 19.3 Å². The van der Waals surface area contributed by atoms with Crippen molar-refractivity contribution in [3.63, 3.8) is 0 Å². The molecule has 0 amide bonds. The molecule has 1 aromatic carbocycles. The second-order valence-corrected chi connectivity index (χ2v) is 6.06. The topological polar surface area (TPSA) is 68.0 Å². The van der Waals surface area contributed by atoms with Crippen LogP contribution >= 0.6 is 11.3 Å². The standard InChI is InChI=1S/C16H13N3O2S/c20-15(21)12-9-22-16(17-12)19-13-8-4-7-11(13)14(18-19)10-5-2-1-3-6-10/h1-3,5-6,9H,4,7-8H2,(H,20,21). The lowest BCUT2D eigenvalue weighted by Gasteiger charge is -2.00. The Labute approximate surface area is 130 Å². The third kappa shape index (κ3) is 2.03. The number of aromatic carboxylic acids is 1. The Hall–Kier alpha value is -2.47. The number of benzene rings is 1. The maximum atomic E-state index is 11.0. The van der Waals surface area contributed by atoms with E-state index in [1.807, 2.05) is 22.9 Å². The molecule has 1 aliphatic carbocycles. The van der Waals surface area contributed by atoms with Crippen LogP contribution in [0.2, 0.25) is 0 Å². The van der Waals surface area contributed by atoms with E-state index in [9.17, 15) is 4.79 Å². The zero-order valence-corrected chi connectivity index (χ0v) is 12.5. The normalized spacial score (nSPS) is 13.3. The molecule has 2 aromatic heterocycles. The number of hydrogen-bond donors (Lipinski definition) is 1. The lowest BCUT2D eigenvalue weighted by Crippen LogP contribution is -2.03. The van der Waals surface area contributed by atoms with Crippen LogP contribution in [-0.2, 0) is 12.8 Å². The number of thiazole rings is 1. The largest absolute Gasteiger partial charge is 0.476 e. The van der Waals surface area contributed by atoms with E-state index in [1.165, 1.54) is 16.9 Å². The molecule has 0 aliphatic heterocycles. The monoisotopic (exact) mass is 311 g/mol. The van der Waals surface area contributed by atoms with Crippen molar-refractivity contribution in [1.29, 1.82) is 0 Å². The molecule has 0 spiro atoms. The summed E-state index contributed by atoms with van der Waals surface area (Å²) in [4.78, 5) is 15.2. The minimum atomic E-state index is -1.01. The van der Waals surface area contributed by atoms with Crippen molar-refractivity contribution in [3.05, 3.63) is 52.7 Å². The van der Waals surface area contributed by atoms with Crippen LogP contribution < -0.4 is 0 Å². The van der Waals surface area contributed by atoms with Crippen LogP contribution in [0.1, 0.15) is 28.2 Å². The summed E-state index contributed by atoms with van der Waals surface area (Å²) in [7, 11) is 0. The summed E-state index contributed by atoms with van der Waals surface area (Å²) in [5.41, 5.74) is 4.57. The van der Waals surface area contributed by atoms with Gasteiger partial charge in [0.25, 0.3) is 0 Å². The smallest absolute Gasteiger partial charge is 0.355 e. The number of nitrogens with zero attached hydrogens (tertiary/aromatic N) is 3. The second kappa shape index (κ2) is 5.06. The summed E-state index contributed by atoms with van der Waals surface area (Å²) in [6.45, 7) is 0. The van der Waals surface area contributed by atoms with Gasteiger partial charge in [-0.3, -0.25) is 0 Å². The highest BCUT2D eigenvalue weighted by Crippen LogP contribution is 2.34. The van der Waals surface area contributed by atoms with E-state index in [-0.39, 0.29) is 5.69 Å². The number of carboxylic acids is 1. The molecule has 0 fully saturated rings. The second-order valence-electron chi connectivity index (χ2n) is 5.23. The Kier molecular flexibility index (Phi) is 3.04. The molecule has 0 atom stereocenters. The molecular weight excluding hydrogens is 298 g/mol. The minimum Gasteiger partial charge on any atom is -0.476 e. The Balaban J connectivity index is 1.85. The van der Waals surface area contributed by atoms with Crippen molar-refractivity contribution in [2.24, 2.45) is 0 Å². The van der Waals surface area contributed by atoms with Crippen molar-refractivity contribution < 1.29 is 9.90 Å². The average Bonchev–Trinajstić information content (AvgIpc) is 3.23. The van der Waals surface area contributed by atoms with Gasteiger partial charge < -0.3 is 5.11 Å². The van der Waals surface area contributed by atoms with E-state index < -0.39 is 5.97 Å². The molecule has 0 bridgehead atoms. The zero-order valence-electron chi connectivity index (χ0n) is 11.7. The fraction of sp³-hybridized carbons (Fsp3) is 0.188. The van der Waals surface area contributed by atoms with Gasteiger partial charge in [-0.05, 0) is 19.3 Å². The Bertz CT molecular complexity index is 852. The third-order valence-electron chi connectivity index (χ3n) is 3.87. The molecular formula is C16H13N3O2S. The predicted octanol–water partition coefficient (Wildman–Crippen LogP) is 3.18. The first-order valence-corrected chi connectivity index (χ1v) is 7.97. The van der Waals surface area contributed by atoms with E-state index in [2.05, 4.69) is 17.1 Å². The highest BCUT2D eigenvalue weighted by molar-refractivity contribution is 7.12. The van der Waals surface area contributed by atoms with Crippen molar-refractivity contribution in [3.8, 4) is 16.4 Å². The van der Waals surface area contributed by atoms with Gasteiger partial charge in [-0.15, -0.1) is 11.3 Å². The first-order valence-electron chi connectivity index (χ1n) is 7.09. The van der Waals surface area contributed by atoms with Gasteiger partial charge in [0, 0.05) is 16.5 Å². The summed E-state index contributed by atoms with van der Waals surface area (Å²) < 4.78 is 1.82. The molecule has 6 heteroatoms. The predicted molar refractivity (Wildman–Crippen MR) is 83.7 cm³/mol. The molecule has 22 heavy (non-hydrogen) atoms. The number of aromatic nitrogens is 3. The summed E-state index contributed by atoms with van der Waals surface area (Å²) in [6, 6.07) is 10.1. The Morgan fingerprint density at radius 1 is 1.23 bits per heavy atom. The quantitative estimate of drug-likeness (QED) is 0.806. The fourth-order valence-corrected chi connectivity index (χ4v) is 3.66. The van der Waals surface area contributed by atoms with Crippen LogP contribution in [0.15, 0.2) is 35.7 Å². The minimum absolute atomic E-state index is 0.0727. The van der Waals surface area contributed by atoms with Crippen LogP contribution in [0.4, 0.5) is 0 Å². The van der Waals surface area contributed by atoms with Gasteiger partial charge in [0.05, 0.1) is 11.4 Å². The average molecular weight is 311 g/mol. The Morgan fingerprint density at radius 2 is 2.05 bits per heavy atom. The highest BCUT2D eigenvalue weighted by atomic mass is 32.1. The third-order valence-corrected chi connectivity index (χ3v) is 4.69. The highest BCUT2D eigenvalue weighted by Gasteiger charge is 2.25. The summed E-state index contributed by atoms with van der Waals surface area (Å²) in [5, 5.41) is 15.9. The van der Waals surface area contributed by atoms with E-state index >= 15 is 0 Å². The van der Waals surface area contributed by atoms with Crippen LogP contribution in [0.25, 0.3) is 16.4 Å². The van der Waals surface area contributed by atoms with Crippen LogP contribution in [0, 0.1) is 0 Å². The lowest BCUT2D eigenvalue weighted by molar-refractivity contribution is 0.0691. The molecule has 3 aromatic rings. The summed E-state index contributed by atoms with van der Waals surface area (Å²) in [6.07, 6.45) is 3.07. The zero-order chi connectivity index (χ0) is 15.1. The lowest BCUT2D eigenvalue weighted by atomic mass is 10.1. The van der Waals surface area contributed by atoms with Gasteiger partial charge in [-0.25, -0.2) is 14.5 Å². The molecule has 4 rings (SSSR count).